The number of esters is 1. The molecule has 2 N–H and O–H groups in total. The Morgan fingerprint density at radius 3 is 3.00 bits per heavy atom. The van der Waals surface area contributed by atoms with Crippen LogP contribution in [0.4, 0.5) is 0 Å². The van der Waals surface area contributed by atoms with Gasteiger partial charge < -0.3 is 19.6 Å². The molecule has 0 bridgehead atoms. The van der Waals surface area contributed by atoms with Crippen LogP contribution in [0.1, 0.15) is 42.4 Å². The third-order valence-corrected chi connectivity index (χ3v) is 5.06. The van der Waals surface area contributed by atoms with Gasteiger partial charge in [0.1, 0.15) is 24.3 Å². The van der Waals surface area contributed by atoms with Crippen LogP contribution in [0.2, 0.25) is 0 Å². The number of aliphatic hydroxyl groups excluding tert-OH is 1. The number of hydrogen-bond acceptors (Lipinski definition) is 7. The number of H-pyrrole nitrogens is 1. The fourth-order valence-corrected chi connectivity index (χ4v) is 3.56. The second-order valence-corrected chi connectivity index (χ2v) is 7.54. The van der Waals surface area contributed by atoms with Crippen LogP contribution in [0, 0.1) is 0 Å². The summed E-state index contributed by atoms with van der Waals surface area (Å²) in [5, 5.41) is 10.2. The number of aromatic amines is 1. The molecule has 0 fully saturated rings. The van der Waals surface area contributed by atoms with E-state index in [1.807, 2.05) is 36.1 Å². The van der Waals surface area contributed by atoms with Crippen molar-refractivity contribution in [2.45, 2.75) is 45.3 Å². The van der Waals surface area contributed by atoms with Crippen LogP contribution in [0.5, 0.6) is 5.75 Å². The van der Waals surface area contributed by atoms with Gasteiger partial charge in [0.25, 0.3) is 5.56 Å². The number of benzene rings is 1. The predicted octanol–water partition coefficient (Wildman–Crippen LogP) is 1.43. The molecule has 0 saturated heterocycles. The number of β-amino-alcohol motifs (C(OH)–C–C–N with tert-alkyl or cyclic N) is 1. The second kappa shape index (κ2) is 10.4. The minimum absolute atomic E-state index is 0.0315. The molecule has 3 rings (SSSR count). The van der Waals surface area contributed by atoms with Gasteiger partial charge in [-0.15, -0.1) is 0 Å². The van der Waals surface area contributed by atoms with Crippen LogP contribution in [0.15, 0.2) is 29.1 Å². The van der Waals surface area contributed by atoms with E-state index in [0.29, 0.717) is 56.7 Å². The lowest BCUT2D eigenvalue weighted by Gasteiger charge is -2.29. The van der Waals surface area contributed by atoms with E-state index in [4.69, 9.17) is 9.47 Å². The van der Waals surface area contributed by atoms with Crippen molar-refractivity contribution in [3.63, 3.8) is 0 Å². The first kappa shape index (κ1) is 22.0. The van der Waals surface area contributed by atoms with Gasteiger partial charge in [0.05, 0.1) is 18.4 Å². The van der Waals surface area contributed by atoms with Crippen LogP contribution in [0.3, 0.4) is 0 Å². The lowest BCUT2D eigenvalue weighted by atomic mass is 10.1. The molecule has 1 aliphatic rings. The van der Waals surface area contributed by atoms with Gasteiger partial charge in [-0.3, -0.25) is 14.5 Å². The zero-order chi connectivity index (χ0) is 21.5. The lowest BCUT2D eigenvalue weighted by molar-refractivity contribution is -0.147. The Morgan fingerprint density at radius 2 is 2.23 bits per heavy atom. The number of methoxy groups -OCH3 is 1. The first-order chi connectivity index (χ1) is 14.5. The second-order valence-electron chi connectivity index (χ2n) is 7.54. The summed E-state index contributed by atoms with van der Waals surface area (Å²) in [5.41, 5.74) is 2.30. The van der Waals surface area contributed by atoms with Gasteiger partial charge in [-0.1, -0.05) is 19.1 Å². The van der Waals surface area contributed by atoms with E-state index >= 15 is 0 Å². The van der Waals surface area contributed by atoms with Gasteiger partial charge in [0, 0.05) is 38.9 Å². The van der Waals surface area contributed by atoms with Gasteiger partial charge in [-0.05, 0) is 24.1 Å². The highest BCUT2D eigenvalue weighted by Gasteiger charge is 2.23. The molecule has 0 amide bonds. The fraction of sp³-hybridized carbons (Fsp3) is 0.500. The van der Waals surface area contributed by atoms with Gasteiger partial charge in [-0.25, -0.2) is 4.98 Å². The zero-order valence-electron chi connectivity index (χ0n) is 17.5. The molecule has 2 aromatic rings. The molecule has 1 aromatic heterocycles. The molecule has 30 heavy (non-hydrogen) atoms. The number of hydrogen-bond donors (Lipinski definition) is 2. The summed E-state index contributed by atoms with van der Waals surface area (Å²) in [7, 11) is 1.62. The number of nitrogens with zero attached hydrogens (tertiary/aromatic N) is 2. The van der Waals surface area contributed by atoms with Crippen LogP contribution in [0.25, 0.3) is 0 Å². The standard InChI is InChI=1S/C22H29N3O5/c1-3-5-21(27)30-14-16(26)12-25-9-8-19-18(13-25)22(28)24-20(23-19)11-15-6-4-7-17(10-15)29-2/h4,6-7,10,16,26H,3,5,8-9,11-14H2,1-2H3,(H,23,24,28)/t16-/m1/s1. The molecule has 0 unspecified atom stereocenters. The zero-order valence-corrected chi connectivity index (χ0v) is 17.5. The van der Waals surface area contributed by atoms with Crippen molar-refractivity contribution in [2.75, 3.05) is 26.8 Å². The van der Waals surface area contributed by atoms with Crippen molar-refractivity contribution in [3.8, 4) is 5.75 Å². The van der Waals surface area contributed by atoms with E-state index in [9.17, 15) is 14.7 Å². The van der Waals surface area contributed by atoms with E-state index in [0.717, 1.165) is 17.0 Å². The van der Waals surface area contributed by atoms with Crippen molar-refractivity contribution < 1.29 is 19.4 Å². The lowest BCUT2D eigenvalue weighted by Crippen LogP contribution is -2.41. The van der Waals surface area contributed by atoms with E-state index in [1.54, 1.807) is 7.11 Å². The van der Waals surface area contributed by atoms with Crippen molar-refractivity contribution >= 4 is 5.97 Å². The first-order valence-corrected chi connectivity index (χ1v) is 10.3. The fourth-order valence-electron chi connectivity index (χ4n) is 3.56. The summed E-state index contributed by atoms with van der Waals surface area (Å²) < 4.78 is 10.3. The average molecular weight is 415 g/mol. The monoisotopic (exact) mass is 415 g/mol. The van der Waals surface area contributed by atoms with Crippen LogP contribution in [-0.2, 0) is 28.9 Å². The van der Waals surface area contributed by atoms with Crippen molar-refractivity contribution in [1.82, 2.24) is 14.9 Å². The van der Waals surface area contributed by atoms with Gasteiger partial charge in [0.15, 0.2) is 0 Å². The summed E-state index contributed by atoms with van der Waals surface area (Å²) >= 11 is 0. The maximum absolute atomic E-state index is 12.6. The Bertz CT molecular complexity index is 927. The molecule has 162 valence electrons. The van der Waals surface area contributed by atoms with Crippen LogP contribution < -0.4 is 10.3 Å². The number of rotatable bonds is 9. The topological polar surface area (TPSA) is 105 Å². The molecule has 1 atom stereocenters. The molecule has 0 saturated carbocycles. The Hall–Kier alpha value is -2.71. The first-order valence-electron chi connectivity index (χ1n) is 10.3. The summed E-state index contributed by atoms with van der Waals surface area (Å²) in [4.78, 5) is 33.6. The van der Waals surface area contributed by atoms with Crippen molar-refractivity contribution in [3.05, 3.63) is 57.3 Å². The molecule has 0 spiro atoms. The third-order valence-electron chi connectivity index (χ3n) is 5.06. The molecule has 8 nitrogen and oxygen atoms in total. The number of aromatic nitrogens is 2. The number of carbonyl (C=O) groups is 1. The SMILES string of the molecule is CCCC(=O)OC[C@H](O)CN1CCc2nc(Cc3cccc(OC)c3)[nH]c(=O)c2C1. The maximum atomic E-state index is 12.6. The summed E-state index contributed by atoms with van der Waals surface area (Å²) in [5.74, 6) is 1.09. The molecular weight excluding hydrogens is 386 g/mol. The quantitative estimate of drug-likeness (QED) is 0.597. The molecule has 0 aliphatic carbocycles. The average Bonchev–Trinajstić information content (AvgIpc) is 2.73. The van der Waals surface area contributed by atoms with Crippen LogP contribution >= 0.6 is 0 Å². The minimum atomic E-state index is -0.785. The molecule has 8 heteroatoms. The van der Waals surface area contributed by atoms with E-state index in [1.165, 1.54) is 0 Å². The Morgan fingerprint density at radius 1 is 1.40 bits per heavy atom. The minimum Gasteiger partial charge on any atom is -0.497 e. The predicted molar refractivity (Wildman–Crippen MR) is 112 cm³/mol. The highest BCUT2D eigenvalue weighted by Crippen LogP contribution is 2.17. The van der Waals surface area contributed by atoms with Gasteiger partial charge in [0.2, 0.25) is 0 Å². The molecule has 2 heterocycles. The van der Waals surface area contributed by atoms with E-state index in [-0.39, 0.29) is 18.1 Å². The van der Waals surface area contributed by atoms with Crippen molar-refractivity contribution in [1.29, 1.82) is 0 Å². The number of carbonyl (C=O) groups excluding carboxylic acids is 1. The number of fused-ring (bicyclic) bond motifs is 1. The summed E-state index contributed by atoms with van der Waals surface area (Å²) in [6.45, 7) is 3.30. The molecule has 0 radical (unpaired) electrons. The number of aliphatic hydroxyl groups is 1. The molecular formula is C22H29N3O5. The third kappa shape index (κ3) is 5.90. The number of ether oxygens (including phenoxy) is 2. The number of nitrogens with one attached hydrogen (secondary N) is 1. The van der Waals surface area contributed by atoms with E-state index in [2.05, 4.69) is 9.97 Å². The smallest absolute Gasteiger partial charge is 0.305 e. The van der Waals surface area contributed by atoms with Crippen LogP contribution in [-0.4, -0.2) is 58.9 Å². The van der Waals surface area contributed by atoms with E-state index < -0.39 is 6.10 Å². The summed E-state index contributed by atoms with van der Waals surface area (Å²) in [6.07, 6.45) is 1.43. The highest BCUT2D eigenvalue weighted by atomic mass is 16.5. The largest absolute Gasteiger partial charge is 0.497 e. The Balaban J connectivity index is 1.61. The maximum Gasteiger partial charge on any atom is 0.305 e. The van der Waals surface area contributed by atoms with Gasteiger partial charge >= 0.3 is 5.97 Å². The summed E-state index contributed by atoms with van der Waals surface area (Å²) in [6, 6.07) is 7.68. The Labute approximate surface area is 175 Å². The Kier molecular flexibility index (Phi) is 7.59. The normalized spacial score (nSPS) is 14.8. The molecule has 1 aliphatic heterocycles. The molecule has 1 aromatic carbocycles. The highest BCUT2D eigenvalue weighted by molar-refractivity contribution is 5.69. The van der Waals surface area contributed by atoms with Crippen molar-refractivity contribution in [2.24, 2.45) is 0 Å². The van der Waals surface area contributed by atoms with Gasteiger partial charge in [-0.2, -0.15) is 0 Å².